The van der Waals surface area contributed by atoms with Gasteiger partial charge in [0.25, 0.3) is 17.5 Å². The summed E-state index contributed by atoms with van der Waals surface area (Å²) in [5, 5.41) is 17.0. The molecule has 1 heterocycles. The Balaban J connectivity index is 1.83. The molecule has 3 aromatic rings. The molecule has 7 heteroatoms. The van der Waals surface area contributed by atoms with Crippen molar-refractivity contribution in [1.29, 1.82) is 0 Å². The van der Waals surface area contributed by atoms with Gasteiger partial charge in [0, 0.05) is 17.5 Å². The van der Waals surface area contributed by atoms with Gasteiger partial charge >= 0.3 is 0 Å². The van der Waals surface area contributed by atoms with Gasteiger partial charge in [0.2, 0.25) is 0 Å². The molecular formula is C21H15N3O4. The average molecular weight is 373 g/mol. The number of nitro groups is 1. The number of amides is 2. The lowest BCUT2D eigenvalue weighted by atomic mass is 9.94. The lowest BCUT2D eigenvalue weighted by Gasteiger charge is -2.23. The molecule has 0 saturated carbocycles. The van der Waals surface area contributed by atoms with E-state index >= 15 is 0 Å². The van der Waals surface area contributed by atoms with Gasteiger partial charge in [-0.2, -0.15) is 10.1 Å². The van der Waals surface area contributed by atoms with Crippen molar-refractivity contribution in [3.8, 4) is 0 Å². The lowest BCUT2D eigenvalue weighted by Crippen LogP contribution is -2.36. The van der Waals surface area contributed by atoms with Crippen LogP contribution in [-0.4, -0.2) is 28.0 Å². The highest BCUT2D eigenvalue weighted by Gasteiger charge is 2.34. The molecular weight excluding hydrogens is 358 g/mol. The van der Waals surface area contributed by atoms with Crippen molar-refractivity contribution < 1.29 is 14.5 Å². The third-order valence-corrected chi connectivity index (χ3v) is 4.76. The van der Waals surface area contributed by atoms with Crippen molar-refractivity contribution in [3.05, 3.63) is 86.5 Å². The summed E-state index contributed by atoms with van der Waals surface area (Å²) in [6, 6.07) is 13.2. The predicted octanol–water partition coefficient (Wildman–Crippen LogP) is 3.99. The summed E-state index contributed by atoms with van der Waals surface area (Å²) in [5.41, 5.74) is 3.00. The van der Waals surface area contributed by atoms with Crippen LogP contribution in [0.4, 0.5) is 5.69 Å². The predicted molar refractivity (Wildman–Crippen MR) is 105 cm³/mol. The summed E-state index contributed by atoms with van der Waals surface area (Å²) >= 11 is 0. The molecule has 1 aliphatic rings. The molecule has 0 radical (unpaired) electrons. The van der Waals surface area contributed by atoms with Crippen LogP contribution in [0.5, 0.6) is 0 Å². The number of benzene rings is 3. The van der Waals surface area contributed by atoms with Gasteiger partial charge in [0.15, 0.2) is 0 Å². The Labute approximate surface area is 160 Å². The Hall–Kier alpha value is -3.87. The van der Waals surface area contributed by atoms with E-state index in [9.17, 15) is 19.7 Å². The highest BCUT2D eigenvalue weighted by atomic mass is 16.6. The first kappa shape index (κ1) is 17.5. The maximum atomic E-state index is 12.9. The number of non-ortho nitro benzene ring substituents is 1. The minimum atomic E-state index is -0.682. The highest BCUT2D eigenvalue weighted by Crippen LogP contribution is 2.33. The van der Waals surface area contributed by atoms with E-state index in [0.29, 0.717) is 16.3 Å². The number of nitrogens with zero attached hydrogens (tertiary/aromatic N) is 3. The fourth-order valence-electron chi connectivity index (χ4n) is 3.38. The minimum absolute atomic E-state index is 0.0946. The molecule has 28 heavy (non-hydrogen) atoms. The molecule has 0 N–H and O–H groups in total. The zero-order chi connectivity index (χ0) is 20.0. The first-order chi connectivity index (χ1) is 13.4. The molecule has 0 aromatic heterocycles. The quantitative estimate of drug-likeness (QED) is 0.300. The van der Waals surface area contributed by atoms with Crippen molar-refractivity contribution in [2.24, 2.45) is 5.10 Å². The number of carbonyl (C=O) groups excluding carboxylic acids is 2. The Morgan fingerprint density at radius 1 is 1.00 bits per heavy atom. The Morgan fingerprint density at radius 2 is 1.75 bits per heavy atom. The van der Waals surface area contributed by atoms with E-state index < -0.39 is 16.7 Å². The molecule has 4 rings (SSSR count). The summed E-state index contributed by atoms with van der Waals surface area (Å²) < 4.78 is 0. The second-order valence-electron chi connectivity index (χ2n) is 6.68. The Bertz CT molecular complexity index is 1210. The summed E-state index contributed by atoms with van der Waals surface area (Å²) in [5.74, 6) is -1.24. The van der Waals surface area contributed by atoms with Gasteiger partial charge in [-0.15, -0.1) is 0 Å². The van der Waals surface area contributed by atoms with Crippen LogP contribution in [0.15, 0.2) is 53.6 Å². The van der Waals surface area contributed by atoms with E-state index in [1.54, 1.807) is 18.2 Å². The molecule has 0 spiro atoms. The maximum absolute atomic E-state index is 12.9. The van der Waals surface area contributed by atoms with E-state index in [1.165, 1.54) is 18.3 Å². The molecule has 3 aromatic carbocycles. The van der Waals surface area contributed by atoms with Crippen molar-refractivity contribution in [3.63, 3.8) is 0 Å². The van der Waals surface area contributed by atoms with E-state index in [4.69, 9.17) is 0 Å². The molecule has 0 atom stereocenters. The van der Waals surface area contributed by atoms with Gasteiger partial charge in [-0.1, -0.05) is 35.9 Å². The van der Waals surface area contributed by atoms with Crippen molar-refractivity contribution in [1.82, 2.24) is 5.01 Å². The fourth-order valence-corrected chi connectivity index (χ4v) is 3.38. The summed E-state index contributed by atoms with van der Waals surface area (Å²) in [6.07, 6.45) is 1.45. The van der Waals surface area contributed by atoms with Crippen molar-refractivity contribution in [2.75, 3.05) is 0 Å². The molecule has 1 aliphatic heterocycles. The van der Waals surface area contributed by atoms with Crippen LogP contribution >= 0.6 is 0 Å². The summed E-state index contributed by atoms with van der Waals surface area (Å²) in [7, 11) is 0. The number of nitro benzene ring substituents is 1. The van der Waals surface area contributed by atoms with Gasteiger partial charge in [-0.3, -0.25) is 19.7 Å². The fraction of sp³-hybridized carbons (Fsp3) is 0.0952. The average Bonchev–Trinajstić information content (AvgIpc) is 2.66. The standard InChI is InChI=1S/C21H15N3O4/c1-12-6-7-15(13(2)8-12)11-22-23-20(25)17-5-3-4-14-9-16(24(27)28)10-18(19(14)17)21(23)26/h3-11H,1-2H3/b22-11+. The summed E-state index contributed by atoms with van der Waals surface area (Å²) in [6.45, 7) is 3.88. The summed E-state index contributed by atoms with van der Waals surface area (Å²) in [4.78, 5) is 36.4. The van der Waals surface area contributed by atoms with E-state index in [0.717, 1.165) is 21.7 Å². The van der Waals surface area contributed by atoms with Gasteiger partial charge in [-0.25, -0.2) is 0 Å². The number of imide groups is 1. The van der Waals surface area contributed by atoms with Crippen LogP contribution in [-0.2, 0) is 0 Å². The van der Waals surface area contributed by atoms with Gasteiger partial charge in [-0.05, 0) is 36.4 Å². The number of hydrazone groups is 1. The smallest absolute Gasteiger partial charge is 0.267 e. The minimum Gasteiger partial charge on any atom is -0.267 e. The lowest BCUT2D eigenvalue weighted by molar-refractivity contribution is -0.384. The highest BCUT2D eigenvalue weighted by molar-refractivity contribution is 6.25. The van der Waals surface area contributed by atoms with E-state index in [-0.39, 0.29) is 11.3 Å². The number of carbonyl (C=O) groups is 2. The third kappa shape index (κ3) is 2.73. The zero-order valence-corrected chi connectivity index (χ0v) is 15.2. The van der Waals surface area contributed by atoms with E-state index in [2.05, 4.69) is 5.10 Å². The molecule has 2 amide bonds. The first-order valence-electron chi connectivity index (χ1n) is 8.58. The van der Waals surface area contributed by atoms with Crippen LogP contribution in [0, 0.1) is 24.0 Å². The number of hydrogen-bond acceptors (Lipinski definition) is 5. The first-order valence-corrected chi connectivity index (χ1v) is 8.58. The molecule has 0 saturated heterocycles. The SMILES string of the molecule is Cc1ccc(/C=N/N2C(=O)c3cccc4cc([N+](=O)[O-])cc(c34)C2=O)c(C)c1. The molecule has 0 aliphatic carbocycles. The Kier molecular flexibility index (Phi) is 4.00. The van der Waals surface area contributed by atoms with E-state index in [1.807, 2.05) is 32.0 Å². The van der Waals surface area contributed by atoms with Crippen LogP contribution in [0.1, 0.15) is 37.4 Å². The largest absolute Gasteiger partial charge is 0.282 e. The second-order valence-corrected chi connectivity index (χ2v) is 6.68. The van der Waals surface area contributed by atoms with Gasteiger partial charge < -0.3 is 0 Å². The Morgan fingerprint density at radius 3 is 2.46 bits per heavy atom. The zero-order valence-electron chi connectivity index (χ0n) is 15.2. The normalized spacial score (nSPS) is 13.6. The number of rotatable bonds is 3. The maximum Gasteiger partial charge on any atom is 0.282 e. The molecule has 0 fully saturated rings. The van der Waals surface area contributed by atoms with Gasteiger partial charge in [0.05, 0.1) is 22.3 Å². The number of hydrogen-bond donors (Lipinski definition) is 0. The molecule has 0 unspecified atom stereocenters. The molecule has 0 bridgehead atoms. The van der Waals surface area contributed by atoms with Crippen LogP contribution in [0.25, 0.3) is 10.8 Å². The van der Waals surface area contributed by atoms with Crippen molar-refractivity contribution >= 4 is 34.5 Å². The molecule has 138 valence electrons. The van der Waals surface area contributed by atoms with Crippen LogP contribution < -0.4 is 0 Å². The molecule has 7 nitrogen and oxygen atoms in total. The van der Waals surface area contributed by atoms with Crippen molar-refractivity contribution in [2.45, 2.75) is 13.8 Å². The van der Waals surface area contributed by atoms with Crippen LogP contribution in [0.3, 0.4) is 0 Å². The topological polar surface area (TPSA) is 92.9 Å². The van der Waals surface area contributed by atoms with Gasteiger partial charge in [0.1, 0.15) is 0 Å². The van der Waals surface area contributed by atoms with Crippen LogP contribution in [0.2, 0.25) is 0 Å². The monoisotopic (exact) mass is 373 g/mol. The second kappa shape index (κ2) is 6.38. The third-order valence-electron chi connectivity index (χ3n) is 4.76. The number of aryl methyl sites for hydroxylation is 2.